The predicted molar refractivity (Wildman–Crippen MR) is 75.2 cm³/mol. The molecule has 1 aromatic rings. The van der Waals surface area contributed by atoms with E-state index in [1.54, 1.807) is 11.3 Å². The molecule has 0 aromatic carbocycles. The van der Waals surface area contributed by atoms with E-state index in [0.717, 1.165) is 51.2 Å². The highest BCUT2D eigenvalue weighted by molar-refractivity contribution is 7.09. The molecule has 5 heteroatoms. The second-order valence-corrected chi connectivity index (χ2v) is 6.61. The molecule has 1 spiro atoms. The Morgan fingerprint density at radius 2 is 2.21 bits per heavy atom. The van der Waals surface area contributed by atoms with E-state index in [1.807, 2.05) is 5.51 Å². The summed E-state index contributed by atoms with van der Waals surface area (Å²) < 4.78 is 11.6. The molecule has 19 heavy (non-hydrogen) atoms. The molecule has 3 heterocycles. The van der Waals surface area contributed by atoms with Crippen LogP contribution in [0.4, 0.5) is 0 Å². The molecule has 2 aliphatic heterocycles. The van der Waals surface area contributed by atoms with E-state index in [2.05, 4.69) is 11.9 Å². The minimum Gasteiger partial charge on any atom is -0.381 e. The summed E-state index contributed by atoms with van der Waals surface area (Å²) in [5.74, 6) is 0.506. The Kier molecular flexibility index (Phi) is 3.89. The summed E-state index contributed by atoms with van der Waals surface area (Å²) in [6.07, 6.45) is 4.14. The predicted octanol–water partition coefficient (Wildman–Crippen LogP) is 2.43. The van der Waals surface area contributed by atoms with Crippen molar-refractivity contribution in [2.75, 3.05) is 19.8 Å². The van der Waals surface area contributed by atoms with Gasteiger partial charge >= 0.3 is 0 Å². The molecule has 2 N–H and O–H groups in total. The number of aromatic nitrogens is 1. The lowest BCUT2D eigenvalue weighted by atomic mass is 9.77. The number of nitrogens with two attached hydrogens (primary N) is 1. The van der Waals surface area contributed by atoms with Crippen molar-refractivity contribution < 1.29 is 9.47 Å². The highest BCUT2D eigenvalue weighted by atomic mass is 32.1. The summed E-state index contributed by atoms with van der Waals surface area (Å²) in [5.41, 5.74) is 9.50. The highest BCUT2D eigenvalue weighted by Gasteiger charge is 2.41. The molecule has 1 aromatic heterocycles. The average molecular weight is 282 g/mol. The third kappa shape index (κ3) is 2.70. The summed E-state index contributed by atoms with van der Waals surface area (Å²) in [6.45, 7) is 4.52. The van der Waals surface area contributed by atoms with Crippen LogP contribution < -0.4 is 5.73 Å². The number of nitrogens with zero attached hydrogens (tertiary/aromatic N) is 1. The van der Waals surface area contributed by atoms with Gasteiger partial charge in [0.15, 0.2) is 0 Å². The number of ether oxygens (including phenoxy) is 2. The van der Waals surface area contributed by atoms with Crippen LogP contribution in [0.5, 0.6) is 0 Å². The van der Waals surface area contributed by atoms with Gasteiger partial charge in [0.1, 0.15) is 0 Å². The first-order chi connectivity index (χ1) is 9.20. The monoisotopic (exact) mass is 282 g/mol. The van der Waals surface area contributed by atoms with Crippen molar-refractivity contribution in [1.29, 1.82) is 0 Å². The lowest BCUT2D eigenvalue weighted by Gasteiger charge is -2.44. The Balaban J connectivity index is 1.72. The Bertz CT molecular complexity index is 423. The third-order valence-electron chi connectivity index (χ3n) is 4.53. The molecule has 2 saturated heterocycles. The Morgan fingerprint density at radius 1 is 1.42 bits per heavy atom. The largest absolute Gasteiger partial charge is 0.381 e. The molecule has 0 amide bonds. The van der Waals surface area contributed by atoms with Gasteiger partial charge in [-0.25, -0.2) is 4.98 Å². The smallest absolute Gasteiger partial charge is 0.0798 e. The molecular formula is C14H22N2O2S. The van der Waals surface area contributed by atoms with Gasteiger partial charge in [-0.15, -0.1) is 11.3 Å². The van der Waals surface area contributed by atoms with Crippen molar-refractivity contribution in [3.05, 3.63) is 16.1 Å². The molecule has 2 atom stereocenters. The van der Waals surface area contributed by atoms with Crippen LogP contribution >= 0.6 is 11.3 Å². The van der Waals surface area contributed by atoms with Crippen molar-refractivity contribution in [2.45, 2.75) is 44.2 Å². The summed E-state index contributed by atoms with van der Waals surface area (Å²) in [5, 5.41) is 0. The van der Waals surface area contributed by atoms with Crippen LogP contribution in [0.2, 0.25) is 0 Å². The van der Waals surface area contributed by atoms with Crippen molar-refractivity contribution in [1.82, 2.24) is 4.98 Å². The van der Waals surface area contributed by atoms with Gasteiger partial charge in [0, 0.05) is 30.7 Å². The summed E-state index contributed by atoms with van der Waals surface area (Å²) in [4.78, 5) is 5.57. The van der Waals surface area contributed by atoms with Gasteiger partial charge in [0.05, 0.1) is 16.8 Å². The lowest BCUT2D eigenvalue weighted by molar-refractivity contribution is -0.149. The van der Waals surface area contributed by atoms with Crippen LogP contribution in [0, 0.1) is 12.8 Å². The van der Waals surface area contributed by atoms with Crippen molar-refractivity contribution in [3.63, 3.8) is 0 Å². The van der Waals surface area contributed by atoms with Crippen LogP contribution in [0.25, 0.3) is 0 Å². The first-order valence-electron chi connectivity index (χ1n) is 7.07. The van der Waals surface area contributed by atoms with Crippen molar-refractivity contribution >= 4 is 11.3 Å². The molecule has 4 nitrogen and oxygen atoms in total. The lowest BCUT2D eigenvalue weighted by Crippen LogP contribution is -2.46. The topological polar surface area (TPSA) is 57.4 Å². The fraction of sp³-hybridized carbons (Fsp3) is 0.786. The molecule has 2 unspecified atom stereocenters. The number of hydrogen-bond donors (Lipinski definition) is 1. The van der Waals surface area contributed by atoms with Crippen molar-refractivity contribution in [3.8, 4) is 0 Å². The zero-order chi connectivity index (χ0) is 13.3. The van der Waals surface area contributed by atoms with Crippen LogP contribution in [0.1, 0.15) is 42.3 Å². The summed E-state index contributed by atoms with van der Waals surface area (Å²) in [7, 11) is 0. The molecule has 106 valence electrons. The standard InChI is InChI=1S/C14H22N2O2S/c1-10-13(19-9-16-10)12(15)11-2-5-18-14(8-11)3-6-17-7-4-14/h9,11-12H,2-8,15H2,1H3. The summed E-state index contributed by atoms with van der Waals surface area (Å²) >= 11 is 1.68. The number of aryl methyl sites for hydroxylation is 1. The summed E-state index contributed by atoms with van der Waals surface area (Å²) in [6, 6.07) is 0.108. The minimum atomic E-state index is 0.0252. The third-order valence-corrected chi connectivity index (χ3v) is 5.56. The van der Waals surface area contributed by atoms with Gasteiger partial charge < -0.3 is 15.2 Å². The van der Waals surface area contributed by atoms with Crippen LogP contribution in [0.3, 0.4) is 0 Å². The molecule has 0 radical (unpaired) electrons. The fourth-order valence-corrected chi connectivity index (χ4v) is 4.21. The fourth-order valence-electron chi connectivity index (χ4n) is 3.31. The SMILES string of the molecule is Cc1ncsc1C(N)C1CCOC2(CCOCC2)C1. The van der Waals surface area contributed by atoms with E-state index in [-0.39, 0.29) is 11.6 Å². The molecular weight excluding hydrogens is 260 g/mol. The van der Waals surface area contributed by atoms with E-state index in [1.165, 1.54) is 4.88 Å². The van der Waals surface area contributed by atoms with Gasteiger partial charge in [-0.05, 0) is 38.5 Å². The van der Waals surface area contributed by atoms with Gasteiger partial charge in [-0.2, -0.15) is 0 Å². The van der Waals surface area contributed by atoms with Crippen LogP contribution in [0.15, 0.2) is 5.51 Å². The van der Waals surface area contributed by atoms with Gasteiger partial charge in [0.25, 0.3) is 0 Å². The second kappa shape index (κ2) is 5.48. The first-order valence-corrected chi connectivity index (χ1v) is 7.95. The zero-order valence-corrected chi connectivity index (χ0v) is 12.2. The van der Waals surface area contributed by atoms with E-state index in [0.29, 0.717) is 5.92 Å². The first kappa shape index (κ1) is 13.5. The molecule has 0 bridgehead atoms. The molecule has 0 aliphatic carbocycles. The Labute approximate surface area is 118 Å². The zero-order valence-electron chi connectivity index (χ0n) is 11.4. The normalized spacial score (nSPS) is 28.4. The number of rotatable bonds is 2. The number of thiazole rings is 1. The van der Waals surface area contributed by atoms with E-state index < -0.39 is 0 Å². The average Bonchev–Trinajstić information content (AvgIpc) is 2.85. The van der Waals surface area contributed by atoms with E-state index in [4.69, 9.17) is 15.2 Å². The number of hydrogen-bond acceptors (Lipinski definition) is 5. The van der Waals surface area contributed by atoms with Gasteiger partial charge in [-0.3, -0.25) is 0 Å². The van der Waals surface area contributed by atoms with Crippen LogP contribution in [-0.2, 0) is 9.47 Å². The molecule has 0 saturated carbocycles. The molecule has 2 aliphatic rings. The maximum atomic E-state index is 6.49. The second-order valence-electron chi connectivity index (χ2n) is 5.72. The quantitative estimate of drug-likeness (QED) is 0.905. The Morgan fingerprint density at radius 3 is 2.89 bits per heavy atom. The van der Waals surface area contributed by atoms with E-state index in [9.17, 15) is 0 Å². The van der Waals surface area contributed by atoms with Crippen LogP contribution in [-0.4, -0.2) is 30.4 Å². The minimum absolute atomic E-state index is 0.0252. The highest BCUT2D eigenvalue weighted by Crippen LogP contribution is 2.42. The maximum absolute atomic E-state index is 6.49. The van der Waals surface area contributed by atoms with Gasteiger partial charge in [-0.1, -0.05) is 0 Å². The van der Waals surface area contributed by atoms with E-state index >= 15 is 0 Å². The molecule has 3 rings (SSSR count). The maximum Gasteiger partial charge on any atom is 0.0798 e. The van der Waals surface area contributed by atoms with Gasteiger partial charge in [0.2, 0.25) is 0 Å². The van der Waals surface area contributed by atoms with Crippen molar-refractivity contribution in [2.24, 2.45) is 11.7 Å². The molecule has 2 fully saturated rings. The Hall–Kier alpha value is -0.490.